The lowest BCUT2D eigenvalue weighted by atomic mass is 9.83. The van der Waals surface area contributed by atoms with E-state index in [-0.39, 0.29) is 5.75 Å². The average molecular weight is 345 g/mol. The van der Waals surface area contributed by atoms with Crippen LogP contribution in [0.25, 0.3) is 0 Å². The van der Waals surface area contributed by atoms with E-state index in [1.807, 2.05) is 6.07 Å². The fourth-order valence-electron chi connectivity index (χ4n) is 3.26. The zero-order valence-electron chi connectivity index (χ0n) is 13.0. The standard InChI is InChI=1S/C17H16FN3O2S/c1-22-10-7-12-15(13(18)8-10)23-14-3-2-9(19)6-11(14)17(12)4-5-21-16(20)24-17/h2-3,6-8H,4-5,19H2,1H3,(H2,20,21)/t17-/m0/s1. The van der Waals surface area contributed by atoms with Crippen LogP contribution >= 0.6 is 11.8 Å². The number of hydrogen-bond donors (Lipinski definition) is 2. The molecule has 4 N–H and O–H groups in total. The quantitative estimate of drug-likeness (QED) is 0.776. The summed E-state index contributed by atoms with van der Waals surface area (Å²) in [5.41, 5.74) is 14.2. The Labute approximate surface area is 142 Å². The molecule has 2 aromatic rings. The minimum absolute atomic E-state index is 0.204. The van der Waals surface area contributed by atoms with E-state index in [2.05, 4.69) is 4.99 Å². The number of methoxy groups -OCH3 is 1. The van der Waals surface area contributed by atoms with Crippen LogP contribution in [0.3, 0.4) is 0 Å². The van der Waals surface area contributed by atoms with Crippen LogP contribution in [-0.2, 0) is 4.75 Å². The molecule has 0 bridgehead atoms. The van der Waals surface area contributed by atoms with E-state index in [0.717, 1.165) is 5.56 Å². The summed E-state index contributed by atoms with van der Waals surface area (Å²) in [6.07, 6.45) is 0.664. The lowest BCUT2D eigenvalue weighted by Gasteiger charge is -2.41. The van der Waals surface area contributed by atoms with Gasteiger partial charge in [0.15, 0.2) is 16.7 Å². The Morgan fingerprint density at radius 1 is 1.25 bits per heavy atom. The molecule has 0 fully saturated rings. The molecule has 7 heteroatoms. The number of ether oxygens (including phenoxy) is 2. The van der Waals surface area contributed by atoms with E-state index >= 15 is 0 Å². The third-order valence-corrected chi connectivity index (χ3v) is 5.68. The molecule has 5 nitrogen and oxygen atoms in total. The van der Waals surface area contributed by atoms with Gasteiger partial charge in [-0.25, -0.2) is 4.39 Å². The highest BCUT2D eigenvalue weighted by molar-refractivity contribution is 8.14. The summed E-state index contributed by atoms with van der Waals surface area (Å²) in [4.78, 5) is 4.27. The minimum atomic E-state index is -0.598. The van der Waals surface area contributed by atoms with Crippen molar-refractivity contribution in [1.82, 2.24) is 0 Å². The van der Waals surface area contributed by atoms with Crippen LogP contribution in [0.4, 0.5) is 10.1 Å². The van der Waals surface area contributed by atoms with E-state index in [1.54, 1.807) is 18.2 Å². The predicted octanol–water partition coefficient (Wildman–Crippen LogP) is 3.22. The van der Waals surface area contributed by atoms with Crippen LogP contribution in [0, 0.1) is 5.82 Å². The number of nitrogens with zero attached hydrogens (tertiary/aromatic N) is 1. The van der Waals surface area contributed by atoms with Crippen molar-refractivity contribution in [3.8, 4) is 17.2 Å². The summed E-state index contributed by atoms with van der Waals surface area (Å²) in [6.45, 7) is 0.547. The zero-order valence-corrected chi connectivity index (χ0v) is 13.8. The molecule has 2 aliphatic heterocycles. The van der Waals surface area contributed by atoms with Gasteiger partial charge in [0.2, 0.25) is 0 Å². The smallest absolute Gasteiger partial charge is 0.169 e. The van der Waals surface area contributed by atoms with Crippen molar-refractivity contribution < 1.29 is 13.9 Å². The second-order valence-electron chi connectivity index (χ2n) is 5.74. The van der Waals surface area contributed by atoms with Gasteiger partial charge in [0, 0.05) is 29.4 Å². The second-order valence-corrected chi connectivity index (χ2v) is 7.06. The number of aliphatic imine (C=N–C) groups is 1. The Hall–Kier alpha value is -2.41. The van der Waals surface area contributed by atoms with Gasteiger partial charge in [0.25, 0.3) is 0 Å². The van der Waals surface area contributed by atoms with E-state index in [0.29, 0.717) is 40.9 Å². The van der Waals surface area contributed by atoms with Gasteiger partial charge >= 0.3 is 0 Å². The van der Waals surface area contributed by atoms with Crippen molar-refractivity contribution in [2.24, 2.45) is 10.7 Å². The zero-order chi connectivity index (χ0) is 16.9. The number of fused-ring (bicyclic) bond motifs is 4. The molecule has 1 spiro atoms. The first kappa shape index (κ1) is 15.1. The van der Waals surface area contributed by atoms with Crippen molar-refractivity contribution in [2.75, 3.05) is 19.4 Å². The number of anilines is 1. The molecule has 24 heavy (non-hydrogen) atoms. The highest BCUT2D eigenvalue weighted by Gasteiger charge is 2.46. The Kier molecular flexibility index (Phi) is 3.35. The maximum absolute atomic E-state index is 14.6. The number of rotatable bonds is 1. The number of nitrogens with two attached hydrogens (primary N) is 2. The van der Waals surface area contributed by atoms with Gasteiger partial charge in [-0.1, -0.05) is 11.8 Å². The number of halogens is 1. The van der Waals surface area contributed by atoms with Gasteiger partial charge < -0.3 is 20.9 Å². The van der Waals surface area contributed by atoms with E-state index in [4.69, 9.17) is 20.9 Å². The normalized spacial score (nSPS) is 21.5. The largest absolute Gasteiger partial charge is 0.497 e. The molecule has 124 valence electrons. The summed E-state index contributed by atoms with van der Waals surface area (Å²) in [7, 11) is 1.51. The minimum Gasteiger partial charge on any atom is -0.497 e. The number of nitrogen functional groups attached to an aromatic ring is 1. The molecule has 0 aliphatic carbocycles. The molecule has 0 aromatic heterocycles. The Bertz CT molecular complexity index is 871. The van der Waals surface area contributed by atoms with Crippen LogP contribution in [0.1, 0.15) is 17.5 Å². The maximum Gasteiger partial charge on any atom is 0.169 e. The van der Waals surface area contributed by atoms with Crippen LogP contribution in [0.5, 0.6) is 17.2 Å². The van der Waals surface area contributed by atoms with Crippen molar-refractivity contribution in [3.63, 3.8) is 0 Å². The average Bonchev–Trinajstić information content (AvgIpc) is 2.56. The number of amidine groups is 1. The van der Waals surface area contributed by atoms with Gasteiger partial charge in [-0.2, -0.15) is 0 Å². The maximum atomic E-state index is 14.6. The molecule has 0 radical (unpaired) electrons. The van der Waals surface area contributed by atoms with E-state index < -0.39 is 10.6 Å². The molecule has 0 unspecified atom stereocenters. The molecule has 0 saturated heterocycles. The monoisotopic (exact) mass is 345 g/mol. The van der Waals surface area contributed by atoms with Crippen molar-refractivity contribution in [2.45, 2.75) is 11.2 Å². The van der Waals surface area contributed by atoms with Gasteiger partial charge in [-0.3, -0.25) is 4.99 Å². The molecule has 2 heterocycles. The summed E-state index contributed by atoms with van der Waals surface area (Å²) in [5.74, 6) is 0.759. The predicted molar refractivity (Wildman–Crippen MR) is 93.4 cm³/mol. The molecule has 2 aromatic carbocycles. The summed E-state index contributed by atoms with van der Waals surface area (Å²) >= 11 is 1.40. The Morgan fingerprint density at radius 2 is 2.08 bits per heavy atom. The highest BCUT2D eigenvalue weighted by atomic mass is 32.2. The Balaban J connectivity index is 2.03. The first-order chi connectivity index (χ1) is 11.5. The fourth-order valence-corrected chi connectivity index (χ4v) is 4.50. The summed E-state index contributed by atoms with van der Waals surface area (Å²) < 4.78 is 25.1. The molecular formula is C17H16FN3O2S. The van der Waals surface area contributed by atoms with Crippen LogP contribution < -0.4 is 20.9 Å². The molecule has 2 aliphatic rings. The van der Waals surface area contributed by atoms with Crippen molar-refractivity contribution >= 4 is 22.6 Å². The summed E-state index contributed by atoms with van der Waals surface area (Å²) in [6, 6.07) is 8.49. The number of hydrogen-bond acceptors (Lipinski definition) is 6. The summed E-state index contributed by atoms with van der Waals surface area (Å²) in [5, 5.41) is 0.464. The topological polar surface area (TPSA) is 82.9 Å². The third kappa shape index (κ3) is 2.11. The highest BCUT2D eigenvalue weighted by Crippen LogP contribution is 2.58. The first-order valence-electron chi connectivity index (χ1n) is 7.48. The molecule has 4 rings (SSSR count). The second kappa shape index (κ2) is 5.31. The Morgan fingerprint density at radius 3 is 2.83 bits per heavy atom. The number of thioether (sulfide) groups is 1. The fraction of sp³-hybridized carbons (Fsp3) is 0.235. The first-order valence-corrected chi connectivity index (χ1v) is 8.30. The van der Waals surface area contributed by atoms with Gasteiger partial charge in [-0.05, 0) is 30.7 Å². The lowest BCUT2D eigenvalue weighted by Crippen LogP contribution is -2.35. The van der Waals surface area contributed by atoms with Gasteiger partial charge in [-0.15, -0.1) is 0 Å². The lowest BCUT2D eigenvalue weighted by molar-refractivity contribution is 0.382. The molecule has 1 atom stereocenters. The van der Waals surface area contributed by atoms with Crippen LogP contribution in [-0.4, -0.2) is 18.8 Å². The molecule has 0 amide bonds. The third-order valence-electron chi connectivity index (χ3n) is 4.35. The van der Waals surface area contributed by atoms with Crippen LogP contribution in [0.15, 0.2) is 35.3 Å². The van der Waals surface area contributed by atoms with Crippen molar-refractivity contribution in [3.05, 3.63) is 47.3 Å². The van der Waals surface area contributed by atoms with E-state index in [1.165, 1.54) is 24.9 Å². The van der Waals surface area contributed by atoms with Crippen molar-refractivity contribution in [1.29, 1.82) is 0 Å². The van der Waals surface area contributed by atoms with Gasteiger partial charge in [0.05, 0.1) is 11.9 Å². The van der Waals surface area contributed by atoms with E-state index in [9.17, 15) is 4.39 Å². The molecule has 0 saturated carbocycles. The molecular weight excluding hydrogens is 329 g/mol. The van der Waals surface area contributed by atoms with Crippen LogP contribution in [0.2, 0.25) is 0 Å². The van der Waals surface area contributed by atoms with Gasteiger partial charge in [0.1, 0.15) is 11.5 Å². The SMILES string of the molecule is COc1cc(F)c2c(c1)[C@]1(CCN=C(N)S1)c1cc(N)ccc1O2. The number of benzene rings is 2.